The Morgan fingerprint density at radius 2 is 1.91 bits per heavy atom. The summed E-state index contributed by atoms with van der Waals surface area (Å²) < 4.78 is 5.17. The van der Waals surface area contributed by atoms with Gasteiger partial charge in [-0.2, -0.15) is 0 Å². The van der Waals surface area contributed by atoms with Crippen LogP contribution in [0.3, 0.4) is 0 Å². The zero-order valence-electron chi connectivity index (χ0n) is 18.2. The Bertz CT molecular complexity index is 1370. The summed E-state index contributed by atoms with van der Waals surface area (Å²) in [5.74, 6) is 0.597. The minimum atomic E-state index is -0.676. The highest BCUT2D eigenvalue weighted by Gasteiger charge is 2.23. The number of nitrogens with one attached hydrogen (secondary N) is 3. The number of nitrogens with zero attached hydrogens (tertiary/aromatic N) is 2. The average molecular weight is 475 g/mol. The Morgan fingerprint density at radius 1 is 1.12 bits per heavy atom. The summed E-state index contributed by atoms with van der Waals surface area (Å²) >= 11 is 6.51. The number of fused-ring (bicyclic) bond motifs is 1. The number of aromatic nitrogens is 1. The lowest BCUT2D eigenvalue weighted by atomic mass is 10.1. The molecule has 3 aromatic carbocycles. The summed E-state index contributed by atoms with van der Waals surface area (Å²) in [4.78, 5) is 15.3. The highest BCUT2D eigenvalue weighted by atomic mass is 35.5. The molecule has 5 N–H and O–H groups in total. The van der Waals surface area contributed by atoms with Crippen LogP contribution in [0.1, 0.15) is 24.4 Å². The van der Waals surface area contributed by atoms with Gasteiger partial charge in [-0.25, -0.2) is 0 Å². The Labute approximate surface area is 201 Å². The van der Waals surface area contributed by atoms with Crippen LogP contribution < -0.4 is 21.3 Å². The first kappa shape index (κ1) is 21.8. The molecule has 2 heterocycles. The number of hydrogen-bond acceptors (Lipinski definition) is 6. The lowest BCUT2D eigenvalue weighted by molar-refractivity contribution is -0.117. The predicted molar refractivity (Wildman–Crippen MR) is 136 cm³/mol. The zero-order valence-corrected chi connectivity index (χ0v) is 19.0. The molecule has 1 amide bonds. The second-order valence-electron chi connectivity index (χ2n) is 8.12. The Kier molecular flexibility index (Phi) is 5.81. The number of carbonyl (C=O) groups excluding carboxylic acids is 1. The molecule has 1 fully saturated rings. The molecule has 1 unspecified atom stereocenters. The standard InChI is InChI=1S/C25H23ClN6O2/c26-19-14-17(8-10-20(19)32-12-4-7-22(32)27)30-25(33)23(15-5-2-1-3-6-15)29-16-9-11-21-18(13-16)24(28)31-34-21/h1-3,5-6,8-11,13-14,23,27,29H,4,7,12H2,(H2,28,31)(H,30,33). The molecule has 0 aliphatic carbocycles. The summed E-state index contributed by atoms with van der Waals surface area (Å²) in [5.41, 5.74) is 9.31. The van der Waals surface area contributed by atoms with E-state index in [1.165, 1.54) is 0 Å². The molecule has 9 heteroatoms. The molecule has 1 aromatic heterocycles. The molecule has 34 heavy (non-hydrogen) atoms. The van der Waals surface area contributed by atoms with Gasteiger partial charge in [0.05, 0.1) is 16.1 Å². The van der Waals surface area contributed by atoms with Crippen molar-refractivity contribution in [2.24, 2.45) is 0 Å². The fraction of sp³-hybridized carbons (Fsp3) is 0.160. The summed E-state index contributed by atoms with van der Waals surface area (Å²) in [6, 6.07) is 19.5. The normalized spacial score (nSPS) is 14.4. The molecule has 1 aliphatic heterocycles. The topological polar surface area (TPSA) is 120 Å². The van der Waals surface area contributed by atoms with Crippen molar-refractivity contribution in [1.82, 2.24) is 5.16 Å². The van der Waals surface area contributed by atoms with E-state index in [1.807, 2.05) is 47.4 Å². The fourth-order valence-corrected chi connectivity index (χ4v) is 4.40. The second kappa shape index (κ2) is 9.07. The molecule has 0 radical (unpaired) electrons. The molecule has 0 saturated carbocycles. The Morgan fingerprint density at radius 3 is 2.65 bits per heavy atom. The maximum absolute atomic E-state index is 13.4. The molecule has 0 bridgehead atoms. The van der Waals surface area contributed by atoms with Gasteiger partial charge in [0, 0.05) is 24.3 Å². The third-order valence-electron chi connectivity index (χ3n) is 5.83. The monoisotopic (exact) mass is 474 g/mol. The van der Waals surface area contributed by atoms with Crippen LogP contribution >= 0.6 is 11.6 Å². The molecule has 5 rings (SSSR count). The lowest BCUT2D eigenvalue weighted by Crippen LogP contribution is -2.27. The number of nitrogens with two attached hydrogens (primary N) is 1. The number of amides is 1. The summed E-state index contributed by atoms with van der Waals surface area (Å²) in [5, 5.41) is 19.3. The number of hydrogen-bond donors (Lipinski definition) is 4. The van der Waals surface area contributed by atoms with Crippen molar-refractivity contribution < 1.29 is 9.32 Å². The van der Waals surface area contributed by atoms with Crippen LogP contribution in [0, 0.1) is 5.41 Å². The molecule has 1 atom stereocenters. The van der Waals surface area contributed by atoms with Crippen molar-refractivity contribution >= 4 is 57.2 Å². The summed E-state index contributed by atoms with van der Waals surface area (Å²) in [6.45, 7) is 0.769. The minimum Gasteiger partial charge on any atom is -0.380 e. The Balaban J connectivity index is 1.40. The van der Waals surface area contributed by atoms with Crippen molar-refractivity contribution in [3.05, 3.63) is 77.3 Å². The highest BCUT2D eigenvalue weighted by molar-refractivity contribution is 6.34. The first-order valence-electron chi connectivity index (χ1n) is 10.9. The van der Waals surface area contributed by atoms with Gasteiger partial charge in [0.25, 0.3) is 5.91 Å². The molecule has 1 saturated heterocycles. The van der Waals surface area contributed by atoms with E-state index in [4.69, 9.17) is 27.3 Å². The van der Waals surface area contributed by atoms with E-state index in [0.717, 1.165) is 30.6 Å². The van der Waals surface area contributed by atoms with Crippen molar-refractivity contribution in [3.8, 4) is 0 Å². The van der Waals surface area contributed by atoms with Gasteiger partial charge in [-0.15, -0.1) is 0 Å². The van der Waals surface area contributed by atoms with Crippen LogP contribution in [-0.2, 0) is 4.79 Å². The van der Waals surface area contributed by atoms with E-state index in [2.05, 4.69) is 15.8 Å². The van der Waals surface area contributed by atoms with Gasteiger partial charge in [-0.3, -0.25) is 10.2 Å². The van der Waals surface area contributed by atoms with E-state index in [-0.39, 0.29) is 5.91 Å². The quantitative estimate of drug-likeness (QED) is 0.295. The molecule has 172 valence electrons. The van der Waals surface area contributed by atoms with E-state index >= 15 is 0 Å². The molecule has 4 aromatic rings. The van der Waals surface area contributed by atoms with Gasteiger partial charge in [0.2, 0.25) is 0 Å². The van der Waals surface area contributed by atoms with Crippen LogP contribution in [0.15, 0.2) is 71.3 Å². The molecular formula is C25H23ClN6O2. The number of amidine groups is 1. The van der Waals surface area contributed by atoms with E-state index in [1.54, 1.807) is 24.3 Å². The predicted octanol–water partition coefficient (Wildman–Crippen LogP) is 5.43. The van der Waals surface area contributed by atoms with Crippen molar-refractivity contribution in [1.29, 1.82) is 5.41 Å². The largest absolute Gasteiger partial charge is 0.380 e. The molecule has 1 aliphatic rings. The zero-order chi connectivity index (χ0) is 23.7. The third kappa shape index (κ3) is 4.27. The lowest BCUT2D eigenvalue weighted by Gasteiger charge is -2.22. The number of nitrogen functional groups attached to an aromatic ring is 1. The maximum Gasteiger partial charge on any atom is 0.251 e. The van der Waals surface area contributed by atoms with E-state index < -0.39 is 6.04 Å². The third-order valence-corrected chi connectivity index (χ3v) is 6.13. The first-order valence-corrected chi connectivity index (χ1v) is 11.3. The maximum atomic E-state index is 13.4. The van der Waals surface area contributed by atoms with Gasteiger partial charge in [0.15, 0.2) is 11.4 Å². The molecule has 8 nitrogen and oxygen atoms in total. The SMILES string of the molecule is N=C1CCCN1c1ccc(NC(=O)C(Nc2ccc3onc(N)c3c2)c2ccccc2)cc1Cl. The number of rotatable bonds is 6. The van der Waals surface area contributed by atoms with Gasteiger partial charge < -0.3 is 25.8 Å². The summed E-state index contributed by atoms with van der Waals surface area (Å²) in [6.07, 6.45) is 1.68. The van der Waals surface area contributed by atoms with Crippen LogP contribution in [0.25, 0.3) is 11.0 Å². The van der Waals surface area contributed by atoms with E-state index in [9.17, 15) is 4.79 Å². The second-order valence-corrected chi connectivity index (χ2v) is 8.53. The number of anilines is 4. The van der Waals surface area contributed by atoms with Crippen LogP contribution in [0.5, 0.6) is 0 Å². The highest BCUT2D eigenvalue weighted by Crippen LogP contribution is 2.33. The number of carbonyl (C=O) groups is 1. The molecule has 0 spiro atoms. The van der Waals surface area contributed by atoms with Crippen molar-refractivity contribution in [2.45, 2.75) is 18.9 Å². The van der Waals surface area contributed by atoms with Crippen LogP contribution in [0.2, 0.25) is 5.02 Å². The van der Waals surface area contributed by atoms with Crippen molar-refractivity contribution in [3.63, 3.8) is 0 Å². The number of halogens is 1. The van der Waals surface area contributed by atoms with Crippen LogP contribution in [-0.4, -0.2) is 23.4 Å². The Hall–Kier alpha value is -4.04. The van der Waals surface area contributed by atoms with Gasteiger partial charge in [0.1, 0.15) is 11.9 Å². The smallest absolute Gasteiger partial charge is 0.251 e. The summed E-state index contributed by atoms with van der Waals surface area (Å²) in [7, 11) is 0. The molecular weight excluding hydrogens is 452 g/mol. The number of benzene rings is 3. The average Bonchev–Trinajstić information content (AvgIpc) is 3.43. The van der Waals surface area contributed by atoms with Crippen LogP contribution in [0.4, 0.5) is 22.9 Å². The van der Waals surface area contributed by atoms with Crippen molar-refractivity contribution in [2.75, 3.05) is 27.8 Å². The fourth-order valence-electron chi connectivity index (χ4n) is 4.12. The minimum absolute atomic E-state index is 0.248. The van der Waals surface area contributed by atoms with Gasteiger partial charge >= 0.3 is 0 Å². The first-order chi connectivity index (χ1) is 16.5. The van der Waals surface area contributed by atoms with Gasteiger partial charge in [-0.05, 0) is 48.4 Å². The van der Waals surface area contributed by atoms with E-state index in [0.29, 0.717) is 39.0 Å². The van der Waals surface area contributed by atoms with Gasteiger partial charge in [-0.1, -0.05) is 47.1 Å².